The van der Waals surface area contributed by atoms with Crippen molar-refractivity contribution in [1.29, 1.82) is 0 Å². The number of halogens is 1. The van der Waals surface area contributed by atoms with E-state index in [1.54, 1.807) is 18.2 Å². The van der Waals surface area contributed by atoms with Gasteiger partial charge in [-0.25, -0.2) is 12.8 Å². The molecule has 0 aromatic heterocycles. The van der Waals surface area contributed by atoms with Crippen molar-refractivity contribution < 1.29 is 17.6 Å². The summed E-state index contributed by atoms with van der Waals surface area (Å²) in [4.78, 5) is 14.3. The molecule has 0 aliphatic carbocycles. The number of hydrogen-bond acceptors (Lipinski definition) is 4. The lowest BCUT2D eigenvalue weighted by Crippen LogP contribution is -2.32. The first-order valence-electron chi connectivity index (χ1n) is 7.84. The van der Waals surface area contributed by atoms with Crippen molar-refractivity contribution in [2.45, 2.75) is 18.4 Å². The largest absolute Gasteiger partial charge is 0.325 e. The summed E-state index contributed by atoms with van der Waals surface area (Å²) < 4.78 is 36.1. The summed E-state index contributed by atoms with van der Waals surface area (Å²) in [7, 11) is -3.26. The minimum atomic E-state index is -3.26. The Morgan fingerprint density at radius 1 is 1.16 bits per heavy atom. The molecule has 2 aromatic rings. The van der Waals surface area contributed by atoms with E-state index in [-0.39, 0.29) is 23.2 Å². The number of hydrogen-bond donors (Lipinski definition) is 1. The number of sulfone groups is 1. The minimum absolute atomic E-state index is 0.154. The number of rotatable bonds is 7. The monoisotopic (exact) mass is 364 g/mol. The van der Waals surface area contributed by atoms with E-state index in [2.05, 4.69) is 5.32 Å². The molecule has 0 radical (unpaired) electrons. The fourth-order valence-electron chi connectivity index (χ4n) is 2.36. The first kappa shape index (κ1) is 19.1. The van der Waals surface area contributed by atoms with Crippen LogP contribution in [0.4, 0.5) is 10.1 Å². The van der Waals surface area contributed by atoms with Crippen molar-refractivity contribution in [2.75, 3.05) is 24.7 Å². The fourth-order valence-corrected chi connectivity index (χ4v) is 2.99. The average Bonchev–Trinajstić information content (AvgIpc) is 2.54. The molecule has 1 amide bonds. The zero-order chi connectivity index (χ0) is 18.4. The van der Waals surface area contributed by atoms with Gasteiger partial charge in [0, 0.05) is 18.5 Å². The summed E-state index contributed by atoms with van der Waals surface area (Å²) in [5, 5.41) is 2.73. The number of likely N-dealkylation sites (N-methyl/N-ethyl adjacent to an activating group) is 1. The number of nitrogens with zero attached hydrogens (tertiary/aromatic N) is 1. The van der Waals surface area contributed by atoms with Crippen LogP contribution in [0.15, 0.2) is 53.4 Å². The topological polar surface area (TPSA) is 66.5 Å². The zero-order valence-electron chi connectivity index (χ0n) is 14.2. The van der Waals surface area contributed by atoms with Gasteiger partial charge in [0.1, 0.15) is 5.82 Å². The van der Waals surface area contributed by atoms with E-state index in [4.69, 9.17) is 0 Å². The predicted octanol–water partition coefficient (Wildman–Crippen LogP) is 2.69. The Morgan fingerprint density at radius 3 is 2.40 bits per heavy atom. The summed E-state index contributed by atoms with van der Waals surface area (Å²) in [6.07, 6.45) is 1.13. The lowest BCUT2D eigenvalue weighted by Gasteiger charge is -2.20. The van der Waals surface area contributed by atoms with E-state index in [1.165, 1.54) is 24.3 Å². The number of anilines is 1. The molecule has 0 heterocycles. The molecule has 0 aliphatic rings. The molecule has 25 heavy (non-hydrogen) atoms. The van der Waals surface area contributed by atoms with Gasteiger partial charge in [-0.2, -0.15) is 0 Å². The lowest BCUT2D eigenvalue weighted by atomic mass is 10.2. The highest BCUT2D eigenvalue weighted by atomic mass is 32.2. The highest BCUT2D eigenvalue weighted by Crippen LogP contribution is 2.14. The van der Waals surface area contributed by atoms with Gasteiger partial charge in [0.25, 0.3) is 0 Å². The molecule has 0 aliphatic heterocycles. The van der Waals surface area contributed by atoms with E-state index >= 15 is 0 Å². The van der Waals surface area contributed by atoms with Gasteiger partial charge >= 0.3 is 0 Å². The third-order valence-electron chi connectivity index (χ3n) is 3.68. The summed E-state index contributed by atoms with van der Waals surface area (Å²) in [6, 6.07) is 12.3. The second-order valence-corrected chi connectivity index (χ2v) is 7.79. The number of carbonyl (C=O) groups is 1. The molecular formula is C18H21FN2O3S. The summed E-state index contributed by atoms with van der Waals surface area (Å²) in [5.74, 6) is -0.519. The minimum Gasteiger partial charge on any atom is -0.325 e. The third kappa shape index (κ3) is 5.95. The Balaban J connectivity index is 1.95. The molecule has 2 aromatic carbocycles. The Bertz CT molecular complexity index is 836. The van der Waals surface area contributed by atoms with Crippen LogP contribution in [-0.4, -0.2) is 38.6 Å². The van der Waals surface area contributed by atoms with Crippen molar-refractivity contribution >= 4 is 21.4 Å². The van der Waals surface area contributed by atoms with Crippen molar-refractivity contribution in [3.8, 4) is 0 Å². The summed E-state index contributed by atoms with van der Waals surface area (Å²) in [5.41, 5.74) is 1.33. The summed E-state index contributed by atoms with van der Waals surface area (Å²) in [6.45, 7) is 3.18. The van der Waals surface area contributed by atoms with Crippen LogP contribution in [0.3, 0.4) is 0 Å². The van der Waals surface area contributed by atoms with Crippen LogP contribution in [0.2, 0.25) is 0 Å². The number of amides is 1. The van der Waals surface area contributed by atoms with Crippen LogP contribution in [0.1, 0.15) is 12.5 Å². The van der Waals surface area contributed by atoms with Crippen LogP contribution in [0.5, 0.6) is 0 Å². The molecule has 134 valence electrons. The van der Waals surface area contributed by atoms with E-state index in [9.17, 15) is 17.6 Å². The van der Waals surface area contributed by atoms with Crippen LogP contribution in [0, 0.1) is 5.82 Å². The van der Waals surface area contributed by atoms with Crippen LogP contribution in [-0.2, 0) is 21.2 Å². The first-order valence-corrected chi connectivity index (χ1v) is 9.74. The predicted molar refractivity (Wildman–Crippen MR) is 95.5 cm³/mol. The third-order valence-corrected chi connectivity index (χ3v) is 4.80. The standard InChI is InChI=1S/C18H21FN2O3S/c1-3-21(12-14-5-4-6-15(19)11-14)13-18(22)20-16-7-9-17(10-8-16)25(2,23)24/h4-11H,3,12-13H2,1-2H3,(H,20,22). The Kier molecular flexibility index (Phi) is 6.27. The SMILES string of the molecule is CCN(CC(=O)Nc1ccc(S(C)(=O)=O)cc1)Cc1cccc(F)c1. The fraction of sp³-hybridized carbons (Fsp3) is 0.278. The van der Waals surface area contributed by atoms with Crippen molar-refractivity contribution in [2.24, 2.45) is 0 Å². The van der Waals surface area contributed by atoms with Gasteiger partial charge in [0.15, 0.2) is 9.84 Å². The summed E-state index contributed by atoms with van der Waals surface area (Å²) >= 11 is 0. The molecule has 1 N–H and O–H groups in total. The maximum atomic E-state index is 13.2. The van der Waals surface area contributed by atoms with Gasteiger partial charge < -0.3 is 5.32 Å². The van der Waals surface area contributed by atoms with Gasteiger partial charge in [0.2, 0.25) is 5.91 Å². The van der Waals surface area contributed by atoms with Gasteiger partial charge in [-0.3, -0.25) is 9.69 Å². The highest BCUT2D eigenvalue weighted by Gasteiger charge is 2.11. The molecule has 0 saturated heterocycles. The Morgan fingerprint density at radius 2 is 1.84 bits per heavy atom. The molecule has 0 spiro atoms. The van der Waals surface area contributed by atoms with Crippen molar-refractivity contribution in [1.82, 2.24) is 4.90 Å². The van der Waals surface area contributed by atoms with E-state index in [1.807, 2.05) is 17.9 Å². The molecule has 0 bridgehead atoms. The van der Waals surface area contributed by atoms with Gasteiger partial charge in [0.05, 0.1) is 11.4 Å². The van der Waals surface area contributed by atoms with Crippen LogP contribution in [0.25, 0.3) is 0 Å². The average molecular weight is 364 g/mol. The van der Waals surface area contributed by atoms with E-state index < -0.39 is 9.84 Å². The van der Waals surface area contributed by atoms with Crippen LogP contribution < -0.4 is 5.32 Å². The van der Waals surface area contributed by atoms with Crippen LogP contribution >= 0.6 is 0 Å². The van der Waals surface area contributed by atoms with Crippen molar-refractivity contribution in [3.05, 3.63) is 59.9 Å². The van der Waals surface area contributed by atoms with Crippen molar-refractivity contribution in [3.63, 3.8) is 0 Å². The maximum absolute atomic E-state index is 13.2. The second-order valence-electron chi connectivity index (χ2n) is 5.78. The normalized spacial score (nSPS) is 11.5. The Labute approximate surface area is 147 Å². The maximum Gasteiger partial charge on any atom is 0.238 e. The molecule has 0 fully saturated rings. The number of benzene rings is 2. The van der Waals surface area contributed by atoms with Gasteiger partial charge in [-0.1, -0.05) is 19.1 Å². The molecule has 5 nitrogen and oxygen atoms in total. The molecule has 7 heteroatoms. The molecule has 2 rings (SSSR count). The van der Waals surface area contributed by atoms with E-state index in [0.29, 0.717) is 18.8 Å². The quantitative estimate of drug-likeness (QED) is 0.820. The second kappa shape index (κ2) is 8.22. The molecule has 0 unspecified atom stereocenters. The molecule has 0 atom stereocenters. The number of carbonyl (C=O) groups excluding carboxylic acids is 1. The lowest BCUT2D eigenvalue weighted by molar-refractivity contribution is -0.117. The molecule has 0 saturated carbocycles. The number of nitrogens with one attached hydrogen (secondary N) is 1. The zero-order valence-corrected chi connectivity index (χ0v) is 15.0. The highest BCUT2D eigenvalue weighted by molar-refractivity contribution is 7.90. The van der Waals surface area contributed by atoms with E-state index in [0.717, 1.165) is 11.8 Å². The van der Waals surface area contributed by atoms with Gasteiger partial charge in [-0.05, 0) is 48.5 Å². The smallest absolute Gasteiger partial charge is 0.238 e. The molecular weight excluding hydrogens is 343 g/mol. The first-order chi connectivity index (χ1) is 11.8. The Hall–Kier alpha value is -2.25. The van der Waals surface area contributed by atoms with Gasteiger partial charge in [-0.15, -0.1) is 0 Å².